The predicted octanol–water partition coefficient (Wildman–Crippen LogP) is 4.31. The molecule has 0 atom stereocenters. The Labute approximate surface area is 184 Å². The first-order chi connectivity index (χ1) is 13.3. The van der Waals surface area contributed by atoms with Crippen molar-refractivity contribution in [1.29, 1.82) is 0 Å². The monoisotopic (exact) mass is 499 g/mol. The van der Waals surface area contributed by atoms with Gasteiger partial charge >= 0.3 is 0 Å². The van der Waals surface area contributed by atoms with Crippen LogP contribution in [0.15, 0.2) is 53.5 Å². The second-order valence-corrected chi connectivity index (χ2v) is 5.81. The number of rotatable bonds is 10. The molecule has 154 valence electrons. The molecule has 0 aliphatic heterocycles. The summed E-state index contributed by atoms with van der Waals surface area (Å²) < 4.78 is 16.4. The maximum atomic E-state index is 5.74. The number of hydrogen-bond donors (Lipinski definition) is 2. The smallest absolute Gasteiger partial charge is 0.195 e. The third-order valence-electron chi connectivity index (χ3n) is 3.80. The van der Waals surface area contributed by atoms with Gasteiger partial charge in [0, 0.05) is 51.0 Å². The zero-order valence-corrected chi connectivity index (χ0v) is 19.1. The van der Waals surface area contributed by atoms with E-state index in [0.717, 1.165) is 29.2 Å². The van der Waals surface area contributed by atoms with Gasteiger partial charge in [-0.1, -0.05) is 24.3 Å². The first kappa shape index (κ1) is 24.0. The number of aliphatic imine (C=N–C) groups is 1. The normalized spacial score (nSPS) is 10.8. The van der Waals surface area contributed by atoms with E-state index in [4.69, 9.17) is 14.2 Å². The molecule has 6 nitrogen and oxygen atoms in total. The van der Waals surface area contributed by atoms with Gasteiger partial charge in [-0.2, -0.15) is 0 Å². The van der Waals surface area contributed by atoms with Crippen LogP contribution in [0, 0.1) is 0 Å². The molecule has 0 fully saturated rings. The molecular weight excluding hydrogens is 469 g/mol. The van der Waals surface area contributed by atoms with E-state index >= 15 is 0 Å². The van der Waals surface area contributed by atoms with Gasteiger partial charge in [0.25, 0.3) is 0 Å². The highest BCUT2D eigenvalue weighted by Gasteiger charge is 2.05. The minimum atomic E-state index is 0. The Morgan fingerprint density at radius 1 is 1.04 bits per heavy atom. The second-order valence-electron chi connectivity index (χ2n) is 5.81. The average molecular weight is 499 g/mol. The number of hydrogen-bond acceptors (Lipinski definition) is 4. The van der Waals surface area contributed by atoms with Gasteiger partial charge in [-0.25, -0.2) is 0 Å². The maximum Gasteiger partial charge on any atom is 0.195 e. The summed E-state index contributed by atoms with van der Waals surface area (Å²) in [6.07, 6.45) is 0.858. The fourth-order valence-corrected chi connectivity index (χ4v) is 2.50. The van der Waals surface area contributed by atoms with Gasteiger partial charge in [0.1, 0.15) is 11.5 Å². The van der Waals surface area contributed by atoms with Crippen molar-refractivity contribution in [3.63, 3.8) is 0 Å². The lowest BCUT2D eigenvalue weighted by molar-refractivity contribution is 0.172. The minimum Gasteiger partial charge on any atom is -0.494 e. The maximum absolute atomic E-state index is 5.74. The number of para-hydroxylation sites is 1. The molecule has 28 heavy (non-hydrogen) atoms. The molecule has 0 saturated heterocycles. The Kier molecular flexibility index (Phi) is 12.1. The number of anilines is 1. The molecule has 0 radical (unpaired) electrons. The van der Waals surface area contributed by atoms with Crippen LogP contribution in [0.25, 0.3) is 0 Å². The molecule has 0 heterocycles. The molecular formula is C21H30IN3O3. The van der Waals surface area contributed by atoms with E-state index < -0.39 is 0 Å². The number of halogens is 1. The number of methoxy groups -OCH3 is 1. The SMILES string of the molecule is CCOc1ccccc1CNC(=NC)Nc1cccc(OCCCOC)c1.I. The Bertz CT molecular complexity index is 726. The molecule has 0 spiro atoms. The Morgan fingerprint density at radius 2 is 1.86 bits per heavy atom. The summed E-state index contributed by atoms with van der Waals surface area (Å²) in [6, 6.07) is 15.8. The summed E-state index contributed by atoms with van der Waals surface area (Å²) in [7, 11) is 3.44. The fraction of sp³-hybridized carbons (Fsp3) is 0.381. The minimum absolute atomic E-state index is 0. The summed E-state index contributed by atoms with van der Waals surface area (Å²) in [5, 5.41) is 6.60. The summed E-state index contributed by atoms with van der Waals surface area (Å²) in [6.45, 7) is 4.55. The predicted molar refractivity (Wildman–Crippen MR) is 125 cm³/mol. The van der Waals surface area contributed by atoms with Crippen molar-refractivity contribution < 1.29 is 14.2 Å². The van der Waals surface area contributed by atoms with Gasteiger partial charge in [0.15, 0.2) is 5.96 Å². The topological polar surface area (TPSA) is 64.1 Å². The number of benzene rings is 2. The standard InChI is InChI=1S/C21H29N3O3.HI/c1-4-26-20-12-6-5-9-17(20)16-23-21(22-2)24-18-10-7-11-19(15-18)27-14-8-13-25-3;/h5-7,9-12,15H,4,8,13-14,16H2,1-3H3,(H2,22,23,24);1H. The van der Waals surface area contributed by atoms with E-state index in [1.54, 1.807) is 14.2 Å². The highest BCUT2D eigenvalue weighted by molar-refractivity contribution is 14.0. The lowest BCUT2D eigenvalue weighted by atomic mass is 10.2. The lowest BCUT2D eigenvalue weighted by Gasteiger charge is -2.15. The molecule has 0 unspecified atom stereocenters. The molecule has 2 aromatic carbocycles. The van der Waals surface area contributed by atoms with Crippen LogP contribution >= 0.6 is 24.0 Å². The summed E-state index contributed by atoms with van der Waals surface area (Å²) in [5.74, 6) is 2.38. The molecule has 2 aromatic rings. The van der Waals surface area contributed by atoms with Crippen LogP contribution in [0.5, 0.6) is 11.5 Å². The largest absolute Gasteiger partial charge is 0.494 e. The quantitative estimate of drug-likeness (QED) is 0.221. The van der Waals surface area contributed by atoms with Gasteiger partial charge < -0.3 is 24.8 Å². The Hall–Kier alpha value is -2.00. The average Bonchev–Trinajstić information content (AvgIpc) is 2.70. The number of guanidine groups is 1. The van der Waals surface area contributed by atoms with Gasteiger partial charge in [0.05, 0.1) is 13.2 Å². The van der Waals surface area contributed by atoms with Crippen molar-refractivity contribution in [2.75, 3.05) is 39.3 Å². The lowest BCUT2D eigenvalue weighted by Crippen LogP contribution is -2.30. The van der Waals surface area contributed by atoms with E-state index in [0.29, 0.717) is 32.3 Å². The molecule has 0 aromatic heterocycles. The van der Waals surface area contributed by atoms with Gasteiger partial charge in [-0.15, -0.1) is 24.0 Å². The summed E-state index contributed by atoms with van der Waals surface area (Å²) in [4.78, 5) is 4.29. The molecule has 0 saturated carbocycles. The van der Waals surface area contributed by atoms with Crippen molar-refractivity contribution in [2.24, 2.45) is 4.99 Å². The van der Waals surface area contributed by atoms with E-state index in [1.165, 1.54) is 0 Å². The molecule has 2 N–H and O–H groups in total. The fourth-order valence-electron chi connectivity index (χ4n) is 2.50. The van der Waals surface area contributed by atoms with Crippen LogP contribution in [0.4, 0.5) is 5.69 Å². The van der Waals surface area contributed by atoms with E-state index in [-0.39, 0.29) is 24.0 Å². The number of nitrogens with one attached hydrogen (secondary N) is 2. The van der Waals surface area contributed by atoms with Crippen LogP contribution in [-0.4, -0.2) is 39.9 Å². The van der Waals surface area contributed by atoms with E-state index in [2.05, 4.69) is 15.6 Å². The highest BCUT2D eigenvalue weighted by atomic mass is 127. The van der Waals surface area contributed by atoms with Crippen molar-refractivity contribution >= 4 is 35.6 Å². The van der Waals surface area contributed by atoms with E-state index in [1.807, 2.05) is 55.5 Å². The van der Waals surface area contributed by atoms with Gasteiger partial charge in [0.2, 0.25) is 0 Å². The molecule has 2 rings (SSSR count). The van der Waals surface area contributed by atoms with Crippen LogP contribution in [0.3, 0.4) is 0 Å². The van der Waals surface area contributed by atoms with Crippen LogP contribution in [0.2, 0.25) is 0 Å². The highest BCUT2D eigenvalue weighted by Crippen LogP contribution is 2.19. The zero-order valence-electron chi connectivity index (χ0n) is 16.7. The third-order valence-corrected chi connectivity index (χ3v) is 3.80. The molecule has 0 aliphatic carbocycles. The van der Waals surface area contributed by atoms with Crippen LogP contribution < -0.4 is 20.1 Å². The van der Waals surface area contributed by atoms with Crippen molar-refractivity contribution in [3.05, 3.63) is 54.1 Å². The first-order valence-electron chi connectivity index (χ1n) is 9.17. The summed E-state index contributed by atoms with van der Waals surface area (Å²) >= 11 is 0. The van der Waals surface area contributed by atoms with Crippen molar-refractivity contribution in [1.82, 2.24) is 5.32 Å². The number of ether oxygens (including phenoxy) is 3. The zero-order chi connectivity index (χ0) is 19.3. The van der Waals surface area contributed by atoms with Gasteiger partial charge in [-0.05, 0) is 25.1 Å². The van der Waals surface area contributed by atoms with Crippen molar-refractivity contribution in [2.45, 2.75) is 19.9 Å². The summed E-state index contributed by atoms with van der Waals surface area (Å²) in [5.41, 5.74) is 1.99. The first-order valence-corrected chi connectivity index (χ1v) is 9.17. The van der Waals surface area contributed by atoms with Crippen molar-refractivity contribution in [3.8, 4) is 11.5 Å². The third kappa shape index (κ3) is 8.35. The van der Waals surface area contributed by atoms with Gasteiger partial charge in [-0.3, -0.25) is 4.99 Å². The Morgan fingerprint density at radius 3 is 2.61 bits per heavy atom. The molecule has 0 aliphatic rings. The Balaban J connectivity index is 0.00000392. The second kappa shape index (κ2) is 14.1. The van der Waals surface area contributed by atoms with Crippen LogP contribution in [0.1, 0.15) is 18.9 Å². The van der Waals surface area contributed by atoms with E-state index in [9.17, 15) is 0 Å². The molecule has 7 heteroatoms. The molecule has 0 bridgehead atoms. The number of nitrogens with zero attached hydrogens (tertiary/aromatic N) is 1. The molecule has 0 amide bonds. The van der Waals surface area contributed by atoms with Crippen LogP contribution in [-0.2, 0) is 11.3 Å².